The smallest absolute Gasteiger partial charge is 0.190 e. The van der Waals surface area contributed by atoms with Gasteiger partial charge >= 0.3 is 0 Å². The SMILES string of the molecule is CC(C)(C)N(Br)C#N. The molecule has 0 saturated heterocycles. The molecule has 0 aliphatic rings. The molecule has 0 fully saturated rings. The minimum absolute atomic E-state index is 0.102. The van der Waals surface area contributed by atoms with Crippen LogP contribution in [0.15, 0.2) is 0 Å². The van der Waals surface area contributed by atoms with Crippen molar-refractivity contribution < 1.29 is 0 Å². The summed E-state index contributed by atoms with van der Waals surface area (Å²) in [6.07, 6.45) is 1.95. The lowest BCUT2D eigenvalue weighted by molar-refractivity contribution is 0.371. The van der Waals surface area contributed by atoms with Crippen LogP contribution in [0.3, 0.4) is 0 Å². The highest BCUT2D eigenvalue weighted by Gasteiger charge is 2.16. The molecule has 0 rings (SSSR count). The van der Waals surface area contributed by atoms with Crippen molar-refractivity contribution in [2.24, 2.45) is 0 Å². The monoisotopic (exact) mass is 176 g/mol. The predicted octanol–water partition coefficient (Wildman–Crippen LogP) is 1.88. The Morgan fingerprint density at radius 1 is 1.50 bits per heavy atom. The molecule has 8 heavy (non-hydrogen) atoms. The molecule has 0 bridgehead atoms. The Kier molecular flexibility index (Phi) is 2.29. The summed E-state index contributed by atoms with van der Waals surface area (Å²) >= 11 is 3.07. The first-order valence-corrected chi connectivity index (χ1v) is 3.05. The lowest BCUT2D eigenvalue weighted by Gasteiger charge is -2.22. The average Bonchev–Trinajstić information content (AvgIpc) is 1.62. The summed E-state index contributed by atoms with van der Waals surface area (Å²) in [5.41, 5.74) is -0.102. The lowest BCUT2D eigenvalue weighted by atomic mass is 10.1. The van der Waals surface area contributed by atoms with Crippen LogP contribution in [-0.4, -0.2) is 9.46 Å². The quantitative estimate of drug-likeness (QED) is 0.321. The largest absolute Gasteiger partial charge is 0.240 e. The van der Waals surface area contributed by atoms with E-state index in [1.165, 1.54) is 3.93 Å². The third kappa shape index (κ3) is 2.17. The summed E-state index contributed by atoms with van der Waals surface area (Å²) in [7, 11) is 0. The molecular weight excluding hydrogens is 168 g/mol. The van der Waals surface area contributed by atoms with E-state index >= 15 is 0 Å². The number of hydrogen-bond donors (Lipinski definition) is 0. The van der Waals surface area contributed by atoms with Crippen molar-refractivity contribution in [2.75, 3.05) is 0 Å². The molecule has 0 atom stereocenters. The highest BCUT2D eigenvalue weighted by molar-refractivity contribution is 9.07. The molecule has 0 saturated carbocycles. The van der Waals surface area contributed by atoms with Gasteiger partial charge in [0.15, 0.2) is 6.19 Å². The van der Waals surface area contributed by atoms with Gasteiger partial charge in [-0.3, -0.25) is 0 Å². The molecule has 0 unspecified atom stereocenters. The fraction of sp³-hybridized carbons (Fsp3) is 0.800. The Morgan fingerprint density at radius 3 is 1.88 bits per heavy atom. The zero-order valence-corrected chi connectivity index (χ0v) is 6.86. The van der Waals surface area contributed by atoms with E-state index in [1.807, 2.05) is 27.0 Å². The summed E-state index contributed by atoms with van der Waals surface area (Å²) in [5.74, 6) is 0. The van der Waals surface area contributed by atoms with Gasteiger partial charge in [-0.05, 0) is 20.8 Å². The van der Waals surface area contributed by atoms with Gasteiger partial charge in [-0.1, -0.05) is 0 Å². The van der Waals surface area contributed by atoms with E-state index in [0.717, 1.165) is 0 Å². The van der Waals surface area contributed by atoms with E-state index in [2.05, 4.69) is 16.1 Å². The second-order valence-electron chi connectivity index (χ2n) is 2.55. The number of nitrogens with zero attached hydrogens (tertiary/aromatic N) is 2. The Morgan fingerprint density at radius 2 is 1.88 bits per heavy atom. The van der Waals surface area contributed by atoms with Crippen molar-refractivity contribution in [2.45, 2.75) is 26.3 Å². The fourth-order valence-electron chi connectivity index (χ4n) is 0.150. The summed E-state index contributed by atoms with van der Waals surface area (Å²) in [5, 5.41) is 8.30. The van der Waals surface area contributed by atoms with Crippen molar-refractivity contribution in [3.63, 3.8) is 0 Å². The highest BCUT2D eigenvalue weighted by atomic mass is 79.9. The predicted molar refractivity (Wildman–Crippen MR) is 36.1 cm³/mol. The van der Waals surface area contributed by atoms with Gasteiger partial charge in [-0.25, -0.2) is 3.93 Å². The number of rotatable bonds is 0. The molecule has 0 radical (unpaired) electrons. The maximum Gasteiger partial charge on any atom is 0.190 e. The zero-order chi connectivity index (χ0) is 6.78. The molecular formula is C5H9BrN2. The van der Waals surface area contributed by atoms with Crippen molar-refractivity contribution in [1.82, 2.24) is 3.93 Å². The Balaban J connectivity index is 3.87. The molecule has 46 valence electrons. The van der Waals surface area contributed by atoms with Gasteiger partial charge in [-0.15, -0.1) is 0 Å². The second kappa shape index (κ2) is 2.36. The van der Waals surface area contributed by atoms with Crippen molar-refractivity contribution >= 4 is 16.1 Å². The first-order valence-electron chi connectivity index (χ1n) is 2.34. The summed E-state index contributed by atoms with van der Waals surface area (Å²) in [6.45, 7) is 5.85. The van der Waals surface area contributed by atoms with Gasteiger partial charge in [0, 0.05) is 0 Å². The van der Waals surface area contributed by atoms with Gasteiger partial charge in [0.05, 0.1) is 21.7 Å². The van der Waals surface area contributed by atoms with Crippen molar-refractivity contribution in [3.8, 4) is 6.19 Å². The minimum atomic E-state index is -0.102. The van der Waals surface area contributed by atoms with Crippen LogP contribution in [0.5, 0.6) is 0 Å². The minimum Gasteiger partial charge on any atom is -0.240 e. The Hall–Kier alpha value is -0.230. The molecule has 0 aromatic carbocycles. The van der Waals surface area contributed by atoms with E-state index in [1.54, 1.807) is 0 Å². The molecule has 0 aliphatic carbocycles. The van der Waals surface area contributed by atoms with Crippen LogP contribution < -0.4 is 0 Å². The lowest BCUT2D eigenvalue weighted by Crippen LogP contribution is -2.28. The van der Waals surface area contributed by atoms with Crippen LogP contribution in [-0.2, 0) is 0 Å². The molecule has 0 aromatic heterocycles. The Labute approximate surface area is 58.4 Å². The summed E-state index contributed by atoms with van der Waals surface area (Å²) < 4.78 is 1.43. The molecule has 0 spiro atoms. The maximum absolute atomic E-state index is 8.30. The zero-order valence-electron chi connectivity index (χ0n) is 5.27. The molecule has 0 amide bonds. The highest BCUT2D eigenvalue weighted by Crippen LogP contribution is 2.14. The molecule has 3 heteroatoms. The van der Waals surface area contributed by atoms with Crippen LogP contribution in [0.4, 0.5) is 0 Å². The number of hydrogen-bond acceptors (Lipinski definition) is 2. The van der Waals surface area contributed by atoms with E-state index < -0.39 is 0 Å². The molecule has 0 N–H and O–H groups in total. The van der Waals surface area contributed by atoms with Crippen LogP contribution in [0.2, 0.25) is 0 Å². The van der Waals surface area contributed by atoms with Crippen molar-refractivity contribution in [3.05, 3.63) is 0 Å². The normalized spacial score (nSPS) is 10.4. The third-order valence-corrected chi connectivity index (χ3v) is 1.90. The summed E-state index contributed by atoms with van der Waals surface area (Å²) in [6, 6.07) is 0. The summed E-state index contributed by atoms with van der Waals surface area (Å²) in [4.78, 5) is 0. The van der Waals surface area contributed by atoms with Crippen LogP contribution in [0.25, 0.3) is 0 Å². The standard InChI is InChI=1S/C5H9BrN2/c1-5(2,3)8(6)4-7/h1-3H3. The van der Waals surface area contributed by atoms with Crippen LogP contribution in [0, 0.1) is 11.5 Å². The molecule has 0 aromatic rings. The number of nitriles is 1. The Bertz CT molecular complexity index is 109. The first-order chi connectivity index (χ1) is 3.48. The second-order valence-corrected chi connectivity index (χ2v) is 3.26. The van der Waals surface area contributed by atoms with E-state index in [4.69, 9.17) is 5.26 Å². The van der Waals surface area contributed by atoms with E-state index in [0.29, 0.717) is 0 Å². The fourth-order valence-corrected chi connectivity index (χ4v) is 0.150. The van der Waals surface area contributed by atoms with E-state index in [9.17, 15) is 0 Å². The van der Waals surface area contributed by atoms with E-state index in [-0.39, 0.29) is 5.54 Å². The van der Waals surface area contributed by atoms with Gasteiger partial charge in [-0.2, -0.15) is 5.26 Å². The molecule has 0 aliphatic heterocycles. The van der Waals surface area contributed by atoms with Crippen LogP contribution >= 0.6 is 16.1 Å². The maximum atomic E-state index is 8.30. The van der Waals surface area contributed by atoms with Gasteiger partial charge in [0.1, 0.15) is 0 Å². The van der Waals surface area contributed by atoms with Gasteiger partial charge in [0.2, 0.25) is 0 Å². The van der Waals surface area contributed by atoms with Gasteiger partial charge in [0.25, 0.3) is 0 Å². The van der Waals surface area contributed by atoms with Crippen molar-refractivity contribution in [1.29, 1.82) is 5.26 Å². The first kappa shape index (κ1) is 7.77. The molecule has 2 nitrogen and oxygen atoms in total. The third-order valence-electron chi connectivity index (χ3n) is 0.677. The average molecular weight is 177 g/mol. The topological polar surface area (TPSA) is 27.0 Å². The van der Waals surface area contributed by atoms with Crippen LogP contribution in [0.1, 0.15) is 20.8 Å². The van der Waals surface area contributed by atoms with Gasteiger partial charge < -0.3 is 0 Å². The molecule has 0 heterocycles. The number of halogens is 1.